The van der Waals surface area contributed by atoms with Crippen molar-refractivity contribution in [2.45, 2.75) is 13.8 Å². The van der Waals surface area contributed by atoms with Crippen molar-refractivity contribution in [3.63, 3.8) is 0 Å². The fourth-order valence-corrected chi connectivity index (χ4v) is 2.58. The fourth-order valence-electron chi connectivity index (χ4n) is 2.01. The molecule has 0 saturated heterocycles. The monoisotopic (exact) mass is 305 g/mol. The molecule has 21 heavy (non-hydrogen) atoms. The van der Waals surface area contributed by atoms with Crippen molar-refractivity contribution in [1.29, 1.82) is 0 Å². The highest BCUT2D eigenvalue weighted by atomic mass is 32.2. The van der Waals surface area contributed by atoms with Gasteiger partial charge in [-0.15, -0.1) is 11.8 Å². The summed E-state index contributed by atoms with van der Waals surface area (Å²) in [6.45, 7) is 3.87. The van der Waals surface area contributed by atoms with E-state index in [9.17, 15) is 10.2 Å². The molecule has 2 rings (SSSR count). The van der Waals surface area contributed by atoms with E-state index in [4.69, 9.17) is 0 Å². The number of aromatic amines is 1. The van der Waals surface area contributed by atoms with Crippen molar-refractivity contribution in [1.82, 2.24) is 15.5 Å². The van der Waals surface area contributed by atoms with Gasteiger partial charge in [0.15, 0.2) is 0 Å². The number of phenols is 2. The number of hydrogen-bond acceptors (Lipinski definition) is 5. The lowest BCUT2D eigenvalue weighted by Crippen LogP contribution is -2.04. The second-order valence-electron chi connectivity index (χ2n) is 4.55. The highest BCUT2D eigenvalue weighted by Crippen LogP contribution is 2.36. The average molecular weight is 305 g/mol. The van der Waals surface area contributed by atoms with Crippen LogP contribution in [-0.2, 0) is 0 Å². The van der Waals surface area contributed by atoms with Gasteiger partial charge in [-0.05, 0) is 29.7 Å². The molecule has 0 aliphatic rings. The first kappa shape index (κ1) is 15.3. The number of benzene rings is 1. The van der Waals surface area contributed by atoms with E-state index in [2.05, 4.69) is 22.4 Å². The van der Waals surface area contributed by atoms with Crippen LogP contribution in [0.3, 0.4) is 0 Å². The van der Waals surface area contributed by atoms with Gasteiger partial charge in [0.05, 0.1) is 17.6 Å². The Morgan fingerprint density at radius 1 is 1.38 bits per heavy atom. The molecule has 5 nitrogen and oxygen atoms in total. The van der Waals surface area contributed by atoms with E-state index in [-0.39, 0.29) is 11.5 Å². The minimum atomic E-state index is 0.0159. The molecule has 6 heteroatoms. The van der Waals surface area contributed by atoms with Crippen LogP contribution < -0.4 is 5.32 Å². The molecular formula is C15H19N3O2S. The van der Waals surface area contributed by atoms with Crippen molar-refractivity contribution in [2.24, 2.45) is 0 Å². The Morgan fingerprint density at radius 3 is 2.81 bits per heavy atom. The van der Waals surface area contributed by atoms with Gasteiger partial charge >= 0.3 is 0 Å². The van der Waals surface area contributed by atoms with Gasteiger partial charge in [-0.25, -0.2) is 0 Å². The lowest BCUT2D eigenvalue weighted by molar-refractivity contribution is 0.449. The number of H-pyrrole nitrogens is 1. The molecule has 0 radical (unpaired) electrons. The molecule has 1 heterocycles. The molecule has 1 aromatic carbocycles. The third kappa shape index (κ3) is 3.16. The third-order valence-electron chi connectivity index (χ3n) is 3.15. The maximum absolute atomic E-state index is 10.1. The molecule has 0 amide bonds. The second-order valence-corrected chi connectivity index (χ2v) is 5.70. The zero-order valence-electron chi connectivity index (χ0n) is 12.3. The van der Waals surface area contributed by atoms with E-state index < -0.39 is 0 Å². The van der Waals surface area contributed by atoms with Gasteiger partial charge in [-0.1, -0.05) is 6.92 Å². The normalized spacial score (nSPS) is 11.7. The number of rotatable bonds is 5. The Balaban J connectivity index is 2.52. The number of nitrogens with one attached hydrogen (secondary N) is 2. The van der Waals surface area contributed by atoms with E-state index in [0.717, 1.165) is 17.0 Å². The summed E-state index contributed by atoms with van der Waals surface area (Å²) < 4.78 is 0. The maximum Gasteiger partial charge on any atom is 0.128 e. The minimum absolute atomic E-state index is 0.0159. The van der Waals surface area contributed by atoms with Gasteiger partial charge in [0.2, 0.25) is 0 Å². The first-order valence-electron chi connectivity index (χ1n) is 6.64. The molecule has 0 saturated carbocycles. The Morgan fingerprint density at radius 2 is 2.14 bits per heavy atom. The van der Waals surface area contributed by atoms with Gasteiger partial charge in [0.1, 0.15) is 11.5 Å². The number of aromatic hydroxyl groups is 2. The Labute approximate surface area is 128 Å². The second kappa shape index (κ2) is 6.58. The molecule has 0 aliphatic heterocycles. The molecule has 0 spiro atoms. The standard InChI is InChI=1S/C15H19N3O2S/c1-4-21-8-12(16-3)11-7-17-18-15(11)10-5-9(2)13(19)6-14(10)20/h5-8,16,19-20H,4H2,1-3H3,(H,17,18)/b12-8-. The van der Waals surface area contributed by atoms with Gasteiger partial charge in [-0.2, -0.15) is 5.10 Å². The van der Waals surface area contributed by atoms with Crippen LogP contribution in [0.15, 0.2) is 23.7 Å². The van der Waals surface area contributed by atoms with Crippen molar-refractivity contribution in [3.05, 3.63) is 34.9 Å². The van der Waals surface area contributed by atoms with E-state index >= 15 is 0 Å². The Bertz CT molecular complexity index is 665. The summed E-state index contributed by atoms with van der Waals surface area (Å²) in [6.07, 6.45) is 1.72. The molecule has 0 fully saturated rings. The first-order valence-corrected chi connectivity index (χ1v) is 7.69. The summed E-state index contributed by atoms with van der Waals surface area (Å²) in [5.41, 5.74) is 3.82. The van der Waals surface area contributed by atoms with E-state index in [1.54, 1.807) is 30.9 Å². The summed E-state index contributed by atoms with van der Waals surface area (Å²) in [4.78, 5) is 0. The minimum Gasteiger partial charge on any atom is -0.508 e. The van der Waals surface area contributed by atoms with Crippen molar-refractivity contribution < 1.29 is 10.2 Å². The predicted molar refractivity (Wildman–Crippen MR) is 87.3 cm³/mol. The van der Waals surface area contributed by atoms with Crippen LogP contribution in [0.5, 0.6) is 11.5 Å². The highest BCUT2D eigenvalue weighted by Gasteiger charge is 2.16. The molecule has 1 aromatic heterocycles. The first-order chi connectivity index (χ1) is 10.1. The predicted octanol–water partition coefficient (Wildman–Crippen LogP) is 3.07. The Hall–Kier alpha value is -2.08. The molecule has 0 atom stereocenters. The molecule has 0 aliphatic carbocycles. The van der Waals surface area contributed by atoms with Gasteiger partial charge in [0.25, 0.3) is 0 Å². The third-order valence-corrected chi connectivity index (χ3v) is 3.89. The molecular weight excluding hydrogens is 286 g/mol. The van der Waals surface area contributed by atoms with Crippen LogP contribution in [-0.4, -0.2) is 33.2 Å². The summed E-state index contributed by atoms with van der Waals surface area (Å²) in [7, 11) is 1.85. The van der Waals surface area contributed by atoms with Crippen molar-refractivity contribution >= 4 is 17.5 Å². The number of nitrogens with zero attached hydrogens (tertiary/aromatic N) is 1. The summed E-state index contributed by atoms with van der Waals surface area (Å²) in [5, 5.41) is 31.9. The van der Waals surface area contributed by atoms with Crippen LogP contribution in [0.1, 0.15) is 18.1 Å². The summed E-state index contributed by atoms with van der Waals surface area (Å²) in [5.74, 6) is 1.06. The van der Waals surface area contributed by atoms with Crippen LogP contribution >= 0.6 is 11.8 Å². The lowest BCUT2D eigenvalue weighted by atomic mass is 10.0. The van der Waals surface area contributed by atoms with Gasteiger partial charge < -0.3 is 15.5 Å². The molecule has 0 unspecified atom stereocenters. The SMILES string of the molecule is CCS/C=C(\NC)c1cn[nH]c1-c1cc(C)c(O)cc1O. The molecule has 0 bridgehead atoms. The topological polar surface area (TPSA) is 81.2 Å². The van der Waals surface area contributed by atoms with E-state index in [1.165, 1.54) is 6.07 Å². The number of hydrogen-bond donors (Lipinski definition) is 4. The van der Waals surface area contributed by atoms with Gasteiger partial charge in [-0.3, -0.25) is 5.10 Å². The quantitative estimate of drug-likeness (QED) is 0.682. The van der Waals surface area contributed by atoms with Crippen molar-refractivity contribution in [2.75, 3.05) is 12.8 Å². The van der Waals surface area contributed by atoms with Crippen LogP contribution in [0.25, 0.3) is 17.0 Å². The average Bonchev–Trinajstić information content (AvgIpc) is 2.93. The van der Waals surface area contributed by atoms with Crippen LogP contribution in [0.4, 0.5) is 0 Å². The smallest absolute Gasteiger partial charge is 0.128 e. The fraction of sp³-hybridized carbons (Fsp3) is 0.267. The lowest BCUT2D eigenvalue weighted by Gasteiger charge is -2.10. The van der Waals surface area contributed by atoms with E-state index in [0.29, 0.717) is 16.8 Å². The number of thioether (sulfide) groups is 1. The zero-order valence-corrected chi connectivity index (χ0v) is 13.1. The maximum atomic E-state index is 10.1. The van der Waals surface area contributed by atoms with Crippen LogP contribution in [0.2, 0.25) is 0 Å². The molecule has 4 N–H and O–H groups in total. The summed E-state index contributed by atoms with van der Waals surface area (Å²) in [6, 6.07) is 3.08. The van der Waals surface area contributed by atoms with Crippen LogP contribution in [0, 0.1) is 6.92 Å². The summed E-state index contributed by atoms with van der Waals surface area (Å²) >= 11 is 1.68. The molecule has 112 valence electrons. The largest absolute Gasteiger partial charge is 0.508 e. The van der Waals surface area contributed by atoms with E-state index in [1.807, 2.05) is 12.5 Å². The van der Waals surface area contributed by atoms with Gasteiger partial charge in [0, 0.05) is 24.2 Å². The highest BCUT2D eigenvalue weighted by molar-refractivity contribution is 8.02. The number of aromatic nitrogens is 2. The number of aryl methyl sites for hydroxylation is 1. The number of phenolic OH excluding ortho intramolecular Hbond substituents is 2. The van der Waals surface area contributed by atoms with Crippen molar-refractivity contribution in [3.8, 4) is 22.8 Å². The molecule has 2 aromatic rings. The Kier molecular flexibility index (Phi) is 4.80. The zero-order chi connectivity index (χ0) is 15.4.